The summed E-state index contributed by atoms with van der Waals surface area (Å²) in [6, 6.07) is 1.76. The van der Waals surface area contributed by atoms with E-state index in [1.54, 1.807) is 6.07 Å². The van der Waals surface area contributed by atoms with Crippen LogP contribution >= 0.6 is 15.9 Å². The standard InChI is InChI=1S/C9H14BrN5O5S/c10-7-3-8(19-6-7)4-14-5-9(15(16)20-14)12-1-2-13-21(11,17)18/h3,5-6,12-13,16H,1-2,4H2,(H2,11,17,18). The maximum absolute atomic E-state index is 10.7. The van der Waals surface area contributed by atoms with Crippen molar-refractivity contribution in [3.05, 3.63) is 34.6 Å². The number of nitrogens with zero attached hydrogens (tertiary/aromatic N) is 2. The lowest BCUT2D eigenvalue weighted by Gasteiger charge is -2.15. The predicted octanol–water partition coefficient (Wildman–Crippen LogP) is -0.423. The minimum atomic E-state index is -3.73. The largest absolute Gasteiger partial charge is 0.466 e. The number of hydrogen-bond acceptors (Lipinski definition) is 8. The highest BCUT2D eigenvalue weighted by molar-refractivity contribution is 9.10. The summed E-state index contributed by atoms with van der Waals surface area (Å²) >= 11 is 3.26. The maximum Gasteiger partial charge on any atom is 0.274 e. The van der Waals surface area contributed by atoms with Crippen LogP contribution in [0, 0.1) is 0 Å². The van der Waals surface area contributed by atoms with Gasteiger partial charge in [0, 0.05) is 13.1 Å². The quantitative estimate of drug-likeness (QED) is 0.466. The fraction of sp³-hybridized carbons (Fsp3) is 0.333. The Bertz CT molecular complexity index is 618. The summed E-state index contributed by atoms with van der Waals surface area (Å²) in [7, 11) is -3.73. The van der Waals surface area contributed by atoms with Gasteiger partial charge in [-0.3, -0.25) is 5.21 Å². The first kappa shape index (κ1) is 16.1. The summed E-state index contributed by atoms with van der Waals surface area (Å²) in [5.41, 5.74) is 0. The van der Waals surface area contributed by atoms with Crippen LogP contribution in [0.25, 0.3) is 0 Å². The van der Waals surface area contributed by atoms with E-state index in [0.717, 1.165) is 4.47 Å². The van der Waals surface area contributed by atoms with Crippen molar-refractivity contribution in [2.24, 2.45) is 5.14 Å². The molecule has 0 bridgehead atoms. The third-order valence-electron chi connectivity index (χ3n) is 2.32. The first-order valence-electron chi connectivity index (χ1n) is 5.73. The molecule has 0 atom stereocenters. The van der Waals surface area contributed by atoms with E-state index in [2.05, 4.69) is 26.0 Å². The van der Waals surface area contributed by atoms with E-state index in [1.165, 1.54) is 17.5 Å². The molecule has 0 radical (unpaired) electrons. The number of hydrogen-bond donors (Lipinski definition) is 4. The van der Waals surface area contributed by atoms with Crippen LogP contribution < -0.4 is 15.2 Å². The molecule has 10 nitrogen and oxygen atoms in total. The lowest BCUT2D eigenvalue weighted by Crippen LogP contribution is -2.37. The minimum absolute atomic E-state index is 0.0646. The summed E-state index contributed by atoms with van der Waals surface area (Å²) in [6.45, 7) is 0.557. The Balaban J connectivity index is 1.81. The van der Waals surface area contributed by atoms with Gasteiger partial charge in [0.25, 0.3) is 10.2 Å². The van der Waals surface area contributed by atoms with Gasteiger partial charge in [-0.15, -0.1) is 4.94 Å². The third-order valence-corrected chi connectivity index (χ3v) is 3.34. The zero-order valence-electron chi connectivity index (χ0n) is 10.7. The zero-order valence-corrected chi connectivity index (χ0v) is 13.1. The van der Waals surface area contributed by atoms with E-state index in [1.807, 2.05) is 0 Å². The maximum atomic E-state index is 10.7. The van der Waals surface area contributed by atoms with Gasteiger partial charge in [0.1, 0.15) is 18.6 Å². The van der Waals surface area contributed by atoms with Gasteiger partial charge >= 0.3 is 0 Å². The van der Waals surface area contributed by atoms with Gasteiger partial charge in [0.15, 0.2) is 5.82 Å². The number of nitrogens with one attached hydrogen (secondary N) is 2. The van der Waals surface area contributed by atoms with Crippen LogP contribution in [0.1, 0.15) is 5.76 Å². The minimum Gasteiger partial charge on any atom is -0.466 e. The molecule has 12 heteroatoms. The van der Waals surface area contributed by atoms with Gasteiger partial charge in [-0.25, -0.2) is 14.9 Å². The Morgan fingerprint density at radius 3 is 2.81 bits per heavy atom. The second kappa shape index (κ2) is 6.64. The summed E-state index contributed by atoms with van der Waals surface area (Å²) in [6.07, 6.45) is 3.03. The van der Waals surface area contributed by atoms with E-state index in [9.17, 15) is 13.6 Å². The van der Waals surface area contributed by atoms with Crippen LogP contribution in [-0.4, -0.2) is 37.0 Å². The Kier molecular flexibility index (Phi) is 5.08. The Morgan fingerprint density at radius 2 is 2.19 bits per heavy atom. The molecule has 5 N–H and O–H groups in total. The van der Waals surface area contributed by atoms with Crippen molar-refractivity contribution in [1.29, 1.82) is 0 Å². The summed E-state index contributed by atoms with van der Waals surface area (Å²) in [5, 5.41) is 18.9. The van der Waals surface area contributed by atoms with E-state index in [-0.39, 0.29) is 25.5 Å². The average Bonchev–Trinajstić information content (AvgIpc) is 2.91. The first-order chi connectivity index (χ1) is 9.83. The van der Waals surface area contributed by atoms with Crippen molar-refractivity contribution in [1.82, 2.24) is 20.3 Å². The van der Waals surface area contributed by atoms with Crippen molar-refractivity contribution < 1.29 is 23.0 Å². The van der Waals surface area contributed by atoms with Crippen LogP contribution in [-0.2, 0) is 21.7 Å². The molecule has 118 valence electrons. The van der Waals surface area contributed by atoms with Crippen LogP contribution in [0.5, 0.6) is 0 Å². The molecule has 1 aliphatic rings. The smallest absolute Gasteiger partial charge is 0.274 e. The van der Waals surface area contributed by atoms with Crippen LogP contribution in [0.2, 0.25) is 0 Å². The second-order valence-corrected chi connectivity index (χ2v) is 6.34. The molecule has 0 saturated heterocycles. The Morgan fingerprint density at radius 1 is 1.43 bits per heavy atom. The Labute approximate surface area is 129 Å². The normalized spacial score (nSPS) is 15.5. The molecule has 0 aromatic carbocycles. The van der Waals surface area contributed by atoms with E-state index >= 15 is 0 Å². The second-order valence-electron chi connectivity index (χ2n) is 4.04. The molecular formula is C9H14BrN5O5S. The molecule has 2 rings (SSSR count). The van der Waals surface area contributed by atoms with Crippen molar-refractivity contribution in [2.75, 3.05) is 13.1 Å². The number of nitrogens with two attached hydrogens (primary N) is 1. The van der Waals surface area contributed by atoms with Gasteiger partial charge in [-0.2, -0.15) is 8.42 Å². The third kappa shape index (κ3) is 5.18. The average molecular weight is 384 g/mol. The Hall–Kier alpha value is -1.31. The molecule has 0 unspecified atom stereocenters. The molecule has 0 amide bonds. The van der Waals surface area contributed by atoms with Crippen molar-refractivity contribution in [3.63, 3.8) is 0 Å². The number of furan rings is 1. The molecule has 2 heterocycles. The molecule has 1 aromatic rings. The molecule has 0 aliphatic carbocycles. The highest BCUT2D eigenvalue weighted by atomic mass is 79.9. The van der Waals surface area contributed by atoms with Crippen molar-refractivity contribution in [3.8, 4) is 0 Å². The fourth-order valence-corrected chi connectivity index (χ4v) is 2.25. The summed E-state index contributed by atoms with van der Waals surface area (Å²) in [4.78, 5) is 5.01. The topological polar surface area (TPSA) is 133 Å². The molecule has 1 aliphatic heterocycles. The molecule has 0 spiro atoms. The highest BCUT2D eigenvalue weighted by Gasteiger charge is 2.22. The lowest BCUT2D eigenvalue weighted by atomic mass is 10.4. The summed E-state index contributed by atoms with van der Waals surface area (Å²) < 4.78 is 29.5. The van der Waals surface area contributed by atoms with Gasteiger partial charge in [0.2, 0.25) is 0 Å². The van der Waals surface area contributed by atoms with Gasteiger partial charge in [-0.05, 0) is 22.0 Å². The van der Waals surface area contributed by atoms with E-state index < -0.39 is 10.2 Å². The van der Waals surface area contributed by atoms with Crippen LogP contribution in [0.4, 0.5) is 0 Å². The van der Waals surface area contributed by atoms with Gasteiger partial charge in [-0.1, -0.05) is 5.23 Å². The molecule has 1 aromatic heterocycles. The SMILES string of the molecule is NS(=O)(=O)NCCNC1=CN(Cc2cc(Br)co2)ON1O. The fourth-order valence-electron chi connectivity index (χ4n) is 1.51. The van der Waals surface area contributed by atoms with Gasteiger partial charge < -0.3 is 9.73 Å². The first-order valence-corrected chi connectivity index (χ1v) is 8.07. The van der Waals surface area contributed by atoms with E-state index in [0.29, 0.717) is 11.0 Å². The van der Waals surface area contributed by atoms with E-state index in [4.69, 9.17) is 14.5 Å². The number of rotatable bonds is 7. The molecule has 0 saturated carbocycles. The van der Waals surface area contributed by atoms with Crippen LogP contribution in [0.3, 0.4) is 0 Å². The highest BCUT2D eigenvalue weighted by Crippen LogP contribution is 2.19. The monoisotopic (exact) mass is 383 g/mol. The van der Waals surface area contributed by atoms with Crippen molar-refractivity contribution >= 4 is 26.1 Å². The summed E-state index contributed by atoms with van der Waals surface area (Å²) in [5.74, 6) is 0.875. The predicted molar refractivity (Wildman–Crippen MR) is 73.9 cm³/mol. The zero-order chi connectivity index (χ0) is 15.5. The number of hydroxylamine groups is 4. The molecule has 0 fully saturated rings. The lowest BCUT2D eigenvalue weighted by molar-refractivity contribution is -0.391. The van der Waals surface area contributed by atoms with Crippen molar-refractivity contribution in [2.45, 2.75) is 6.54 Å². The van der Waals surface area contributed by atoms with Crippen LogP contribution in [0.15, 0.2) is 33.2 Å². The molecular weight excluding hydrogens is 370 g/mol. The van der Waals surface area contributed by atoms with Gasteiger partial charge in [0.05, 0.1) is 10.7 Å². The molecule has 21 heavy (non-hydrogen) atoms. The number of halogens is 1.